The highest BCUT2D eigenvalue weighted by Gasteiger charge is 2.34. The van der Waals surface area contributed by atoms with Crippen LogP contribution in [0.1, 0.15) is 66.1 Å². The first-order valence-electron chi connectivity index (χ1n) is 9.82. The first kappa shape index (κ1) is 25.9. The molecule has 1 atom stereocenters. The third kappa shape index (κ3) is 9.92. The number of nitro benzene ring substituents is 1. The van der Waals surface area contributed by atoms with Crippen molar-refractivity contribution >= 4 is 23.7 Å². The van der Waals surface area contributed by atoms with E-state index in [0.717, 1.165) is 0 Å². The molecule has 0 aliphatic carbocycles. The molecule has 1 rings (SSSR count). The van der Waals surface area contributed by atoms with Crippen LogP contribution in [0.3, 0.4) is 0 Å². The normalized spacial score (nSPS) is 12.5. The van der Waals surface area contributed by atoms with Crippen LogP contribution in [-0.2, 0) is 23.8 Å². The van der Waals surface area contributed by atoms with Crippen LogP contribution in [0, 0.1) is 10.1 Å². The van der Waals surface area contributed by atoms with Gasteiger partial charge in [0.15, 0.2) is 0 Å². The van der Waals surface area contributed by atoms with Gasteiger partial charge in [-0.05, 0) is 54.0 Å². The van der Waals surface area contributed by atoms with Gasteiger partial charge in [-0.2, -0.15) is 0 Å². The van der Waals surface area contributed by atoms with E-state index in [-0.39, 0.29) is 30.6 Å². The molecular formula is C21H30N2O8. The number of hydrogen-bond acceptors (Lipinski definition) is 8. The molecule has 0 heterocycles. The van der Waals surface area contributed by atoms with Gasteiger partial charge in [-0.15, -0.1) is 0 Å². The number of nitrogens with one attached hydrogen (secondary N) is 1. The fourth-order valence-corrected chi connectivity index (χ4v) is 2.40. The average molecular weight is 438 g/mol. The summed E-state index contributed by atoms with van der Waals surface area (Å²) in [7, 11) is 0. The summed E-state index contributed by atoms with van der Waals surface area (Å²) in [6.45, 7) is 10.2. The molecule has 0 unspecified atom stereocenters. The smallest absolute Gasteiger partial charge is 0.407 e. The van der Waals surface area contributed by atoms with Gasteiger partial charge < -0.3 is 19.5 Å². The zero-order valence-electron chi connectivity index (χ0n) is 18.7. The van der Waals surface area contributed by atoms with Crippen molar-refractivity contribution in [3.05, 3.63) is 39.9 Å². The van der Waals surface area contributed by atoms with E-state index in [1.54, 1.807) is 41.5 Å². The molecule has 0 aliphatic rings. The van der Waals surface area contributed by atoms with E-state index >= 15 is 0 Å². The quantitative estimate of drug-likeness (QED) is 0.213. The number of amides is 1. The second-order valence-corrected chi connectivity index (χ2v) is 8.75. The van der Waals surface area contributed by atoms with Crippen LogP contribution in [0.25, 0.3) is 0 Å². The lowest BCUT2D eigenvalue weighted by atomic mass is 10.1. The number of benzene rings is 1. The van der Waals surface area contributed by atoms with Gasteiger partial charge >= 0.3 is 18.0 Å². The molecule has 0 bridgehead atoms. The zero-order valence-corrected chi connectivity index (χ0v) is 18.7. The van der Waals surface area contributed by atoms with E-state index in [2.05, 4.69) is 5.32 Å². The standard InChI is InChI=1S/C21H30N2O8/c1-20(2,3)30-18(25)17(14-10-7-8-11-15(14)23(27)28)29-16(24)12-9-13-22-19(26)31-21(4,5)6/h7-8,10-11,17H,9,12-13H2,1-6H3,(H,22,26)/t17-/m1/s1. The summed E-state index contributed by atoms with van der Waals surface area (Å²) in [5, 5.41) is 13.9. The lowest BCUT2D eigenvalue weighted by Gasteiger charge is -2.24. The fourth-order valence-electron chi connectivity index (χ4n) is 2.40. The Hall–Kier alpha value is -3.17. The molecule has 0 aromatic heterocycles. The van der Waals surface area contributed by atoms with Crippen molar-refractivity contribution in [2.75, 3.05) is 6.54 Å². The van der Waals surface area contributed by atoms with Crippen molar-refractivity contribution < 1.29 is 33.5 Å². The van der Waals surface area contributed by atoms with Crippen molar-refractivity contribution in [2.45, 2.75) is 71.7 Å². The van der Waals surface area contributed by atoms with Crippen molar-refractivity contribution in [1.82, 2.24) is 5.32 Å². The Morgan fingerprint density at radius 3 is 2.16 bits per heavy atom. The first-order chi connectivity index (χ1) is 14.2. The zero-order chi connectivity index (χ0) is 23.8. The highest BCUT2D eigenvalue weighted by Crippen LogP contribution is 2.30. The third-order valence-electron chi connectivity index (χ3n) is 3.51. The van der Waals surface area contributed by atoms with Crippen LogP contribution < -0.4 is 5.32 Å². The maximum Gasteiger partial charge on any atom is 0.407 e. The second-order valence-electron chi connectivity index (χ2n) is 8.75. The topological polar surface area (TPSA) is 134 Å². The SMILES string of the molecule is CC(C)(C)OC(=O)NCCCC(=O)O[C@@H](C(=O)OC(C)(C)C)c1ccccc1[N+](=O)[O-]. The Bertz CT molecular complexity index is 808. The fraction of sp³-hybridized carbons (Fsp3) is 0.571. The number of nitro groups is 1. The maximum atomic E-state index is 12.6. The summed E-state index contributed by atoms with van der Waals surface area (Å²) in [6.07, 6.45) is -2.12. The van der Waals surface area contributed by atoms with Gasteiger partial charge in [-0.1, -0.05) is 12.1 Å². The number of carbonyl (C=O) groups is 3. The van der Waals surface area contributed by atoms with Crippen LogP contribution in [0.15, 0.2) is 24.3 Å². The molecule has 0 aliphatic heterocycles. The van der Waals surface area contributed by atoms with Crippen molar-refractivity contribution in [2.24, 2.45) is 0 Å². The minimum absolute atomic E-state index is 0.0815. The van der Waals surface area contributed by atoms with E-state index < -0.39 is 40.3 Å². The summed E-state index contributed by atoms with van der Waals surface area (Å²) < 4.78 is 15.6. The second kappa shape index (κ2) is 10.7. The molecule has 0 spiro atoms. The number of nitrogens with zero attached hydrogens (tertiary/aromatic N) is 1. The summed E-state index contributed by atoms with van der Waals surface area (Å²) in [4.78, 5) is 47.2. The Morgan fingerprint density at radius 2 is 1.61 bits per heavy atom. The maximum absolute atomic E-state index is 12.6. The van der Waals surface area contributed by atoms with Gasteiger partial charge in [0.1, 0.15) is 11.2 Å². The van der Waals surface area contributed by atoms with Crippen molar-refractivity contribution in [1.29, 1.82) is 0 Å². The Kier molecular flexibility index (Phi) is 8.96. The number of alkyl carbamates (subject to hydrolysis) is 1. The highest BCUT2D eigenvalue weighted by atomic mass is 16.6. The van der Waals surface area contributed by atoms with Crippen molar-refractivity contribution in [3.63, 3.8) is 0 Å². The van der Waals surface area contributed by atoms with E-state index in [9.17, 15) is 24.5 Å². The molecule has 31 heavy (non-hydrogen) atoms. The molecule has 1 amide bonds. The Labute approximate surface area is 181 Å². The first-order valence-corrected chi connectivity index (χ1v) is 9.82. The number of rotatable bonds is 8. The lowest BCUT2D eigenvalue weighted by Crippen LogP contribution is -2.33. The summed E-state index contributed by atoms with van der Waals surface area (Å²) in [5.41, 5.74) is -1.98. The van der Waals surface area contributed by atoms with Crippen LogP contribution in [-0.4, -0.2) is 40.7 Å². The molecule has 0 saturated carbocycles. The molecule has 10 heteroatoms. The van der Waals surface area contributed by atoms with Crippen molar-refractivity contribution in [3.8, 4) is 0 Å². The average Bonchev–Trinajstić information content (AvgIpc) is 2.60. The number of carbonyl (C=O) groups excluding carboxylic acids is 3. The predicted octanol–water partition coefficient (Wildman–Crippen LogP) is 3.83. The van der Waals surface area contributed by atoms with Gasteiger partial charge in [0.05, 0.1) is 10.5 Å². The summed E-state index contributed by atoms with van der Waals surface area (Å²) >= 11 is 0. The molecule has 0 fully saturated rings. The van der Waals surface area contributed by atoms with Gasteiger partial charge in [0, 0.05) is 19.0 Å². The molecule has 172 valence electrons. The van der Waals surface area contributed by atoms with Gasteiger partial charge in [0.2, 0.25) is 6.10 Å². The van der Waals surface area contributed by atoms with Gasteiger partial charge in [0.25, 0.3) is 5.69 Å². The van der Waals surface area contributed by atoms with Crippen LogP contribution in [0.4, 0.5) is 10.5 Å². The monoisotopic (exact) mass is 438 g/mol. The molecule has 1 N–H and O–H groups in total. The largest absolute Gasteiger partial charge is 0.457 e. The molecule has 1 aromatic rings. The molecule has 0 radical (unpaired) electrons. The molecular weight excluding hydrogens is 408 g/mol. The minimum atomic E-state index is -1.59. The lowest BCUT2D eigenvalue weighted by molar-refractivity contribution is -0.386. The number of ether oxygens (including phenoxy) is 3. The van der Waals surface area contributed by atoms with E-state index in [1.165, 1.54) is 24.3 Å². The molecule has 0 saturated heterocycles. The number of esters is 2. The summed E-state index contributed by atoms with van der Waals surface area (Å²) in [5.74, 6) is -1.68. The highest BCUT2D eigenvalue weighted by molar-refractivity contribution is 5.82. The number of hydrogen-bond donors (Lipinski definition) is 1. The van der Waals surface area contributed by atoms with Gasteiger partial charge in [-0.3, -0.25) is 14.9 Å². The van der Waals surface area contributed by atoms with E-state index in [1.807, 2.05) is 0 Å². The van der Waals surface area contributed by atoms with Crippen LogP contribution in [0.2, 0.25) is 0 Å². The van der Waals surface area contributed by atoms with E-state index in [4.69, 9.17) is 14.2 Å². The predicted molar refractivity (Wildman–Crippen MR) is 111 cm³/mol. The van der Waals surface area contributed by atoms with Gasteiger partial charge in [-0.25, -0.2) is 9.59 Å². The van der Waals surface area contributed by atoms with E-state index in [0.29, 0.717) is 0 Å². The number of para-hydroxylation sites is 1. The van der Waals surface area contributed by atoms with Crippen LogP contribution in [0.5, 0.6) is 0 Å². The Balaban J connectivity index is 2.83. The molecule has 10 nitrogen and oxygen atoms in total. The minimum Gasteiger partial charge on any atom is -0.457 e. The summed E-state index contributed by atoms with van der Waals surface area (Å²) in [6, 6.07) is 5.49. The van der Waals surface area contributed by atoms with Crippen LogP contribution >= 0.6 is 0 Å². The third-order valence-corrected chi connectivity index (χ3v) is 3.51. The molecule has 1 aromatic carbocycles. The Morgan fingerprint density at radius 1 is 1.03 bits per heavy atom.